The second-order valence-corrected chi connectivity index (χ2v) is 6.22. The Morgan fingerprint density at radius 3 is 2.05 bits per heavy atom. The Bertz CT molecular complexity index is 498. The van der Waals surface area contributed by atoms with Crippen LogP contribution in [-0.2, 0) is 10.2 Å². The molecule has 1 aromatic heterocycles. The van der Waals surface area contributed by atoms with E-state index in [0.717, 1.165) is 0 Å². The van der Waals surface area contributed by atoms with E-state index in [9.17, 15) is 8.42 Å². The molecule has 9 heteroatoms. The third-order valence-electron chi connectivity index (χ3n) is 2.27. The summed E-state index contributed by atoms with van der Waals surface area (Å²) in [6.07, 6.45) is 2.60. The highest BCUT2D eigenvalue weighted by atomic mass is 35.5. The Kier molecular flexibility index (Phi) is 6.25. The molecule has 1 N–H and O–H groups in total. The SMILES string of the molecule is CCCN(CCC)S(=O)(=O)Nc1c(Cl)ncnc1Cl. The van der Waals surface area contributed by atoms with Crippen LogP contribution >= 0.6 is 23.2 Å². The van der Waals surface area contributed by atoms with E-state index in [1.807, 2.05) is 13.8 Å². The van der Waals surface area contributed by atoms with Crippen LogP contribution < -0.4 is 4.72 Å². The molecule has 0 radical (unpaired) electrons. The average molecular weight is 327 g/mol. The Hall–Kier alpha value is -0.630. The fourth-order valence-electron chi connectivity index (χ4n) is 1.47. The van der Waals surface area contributed by atoms with Crippen molar-refractivity contribution >= 4 is 39.1 Å². The molecule has 0 aliphatic heterocycles. The lowest BCUT2D eigenvalue weighted by Gasteiger charge is -2.22. The summed E-state index contributed by atoms with van der Waals surface area (Å²) >= 11 is 11.6. The largest absolute Gasteiger partial charge is 0.301 e. The highest BCUT2D eigenvalue weighted by Crippen LogP contribution is 2.27. The summed E-state index contributed by atoms with van der Waals surface area (Å²) in [6, 6.07) is 0. The van der Waals surface area contributed by atoms with Crippen LogP contribution in [-0.4, -0.2) is 35.8 Å². The van der Waals surface area contributed by atoms with Gasteiger partial charge in [0.15, 0.2) is 10.3 Å². The summed E-state index contributed by atoms with van der Waals surface area (Å²) < 4.78 is 28.1. The molecule has 1 rings (SSSR count). The van der Waals surface area contributed by atoms with E-state index in [4.69, 9.17) is 23.2 Å². The molecule has 0 amide bonds. The van der Waals surface area contributed by atoms with E-state index in [2.05, 4.69) is 14.7 Å². The van der Waals surface area contributed by atoms with Gasteiger partial charge in [-0.1, -0.05) is 37.0 Å². The lowest BCUT2D eigenvalue weighted by molar-refractivity contribution is 0.413. The molecule has 0 fully saturated rings. The molecule has 0 spiro atoms. The topological polar surface area (TPSA) is 75.2 Å². The van der Waals surface area contributed by atoms with E-state index >= 15 is 0 Å². The molecule has 19 heavy (non-hydrogen) atoms. The minimum absolute atomic E-state index is 0.00281. The van der Waals surface area contributed by atoms with Gasteiger partial charge in [-0.25, -0.2) is 9.97 Å². The number of anilines is 1. The Balaban J connectivity index is 3.00. The zero-order valence-corrected chi connectivity index (χ0v) is 13.1. The predicted molar refractivity (Wildman–Crippen MR) is 76.7 cm³/mol. The summed E-state index contributed by atoms with van der Waals surface area (Å²) in [5, 5.41) is -0.0620. The van der Waals surface area contributed by atoms with Crippen molar-refractivity contribution in [1.29, 1.82) is 0 Å². The number of hydrogen-bond acceptors (Lipinski definition) is 4. The van der Waals surface area contributed by atoms with Crippen LogP contribution in [0.25, 0.3) is 0 Å². The van der Waals surface area contributed by atoms with Gasteiger partial charge in [0.25, 0.3) is 0 Å². The molecule has 0 saturated carbocycles. The second-order valence-electron chi connectivity index (χ2n) is 3.84. The van der Waals surface area contributed by atoms with Crippen LogP contribution in [0.2, 0.25) is 10.3 Å². The molecule has 6 nitrogen and oxygen atoms in total. The van der Waals surface area contributed by atoms with Gasteiger partial charge in [0.2, 0.25) is 0 Å². The zero-order valence-electron chi connectivity index (χ0n) is 10.7. The summed E-state index contributed by atoms with van der Waals surface area (Å²) in [7, 11) is -3.71. The van der Waals surface area contributed by atoms with Crippen LogP contribution in [0.5, 0.6) is 0 Å². The smallest absolute Gasteiger partial charge is 0.265 e. The average Bonchev–Trinajstić information content (AvgIpc) is 2.34. The van der Waals surface area contributed by atoms with E-state index in [0.29, 0.717) is 25.9 Å². The van der Waals surface area contributed by atoms with Crippen molar-refractivity contribution in [2.75, 3.05) is 17.8 Å². The Labute approximate surface area is 123 Å². The fourth-order valence-corrected chi connectivity index (χ4v) is 3.42. The van der Waals surface area contributed by atoms with Gasteiger partial charge >= 0.3 is 10.2 Å². The van der Waals surface area contributed by atoms with Crippen LogP contribution in [0.4, 0.5) is 5.69 Å². The normalized spacial score (nSPS) is 11.8. The van der Waals surface area contributed by atoms with Gasteiger partial charge in [-0.3, -0.25) is 4.72 Å². The van der Waals surface area contributed by atoms with Crippen molar-refractivity contribution in [3.63, 3.8) is 0 Å². The number of nitrogens with zero attached hydrogens (tertiary/aromatic N) is 3. The fraction of sp³-hybridized carbons (Fsp3) is 0.600. The van der Waals surface area contributed by atoms with Crippen molar-refractivity contribution in [3.05, 3.63) is 16.6 Å². The standard InChI is InChI=1S/C10H16Cl2N4O2S/c1-3-5-16(6-4-2)19(17,18)15-8-9(11)13-7-14-10(8)12/h7,15H,3-6H2,1-2H3. The van der Waals surface area contributed by atoms with E-state index in [1.165, 1.54) is 10.6 Å². The number of aromatic nitrogens is 2. The maximum absolute atomic E-state index is 12.2. The molecule has 108 valence electrons. The first kappa shape index (κ1) is 16.4. The van der Waals surface area contributed by atoms with Crippen molar-refractivity contribution in [3.8, 4) is 0 Å². The van der Waals surface area contributed by atoms with Gasteiger partial charge in [-0.15, -0.1) is 0 Å². The number of rotatable bonds is 7. The lowest BCUT2D eigenvalue weighted by atomic mass is 10.4. The molecule has 0 atom stereocenters. The van der Waals surface area contributed by atoms with Gasteiger partial charge in [0.05, 0.1) is 0 Å². The third kappa shape index (κ3) is 4.45. The molecule has 0 aliphatic rings. The van der Waals surface area contributed by atoms with Crippen LogP contribution in [0.15, 0.2) is 6.33 Å². The predicted octanol–water partition coefficient (Wildman–Crippen LogP) is 2.56. The molecule has 0 unspecified atom stereocenters. The van der Waals surface area contributed by atoms with Crippen LogP contribution in [0, 0.1) is 0 Å². The van der Waals surface area contributed by atoms with Crippen molar-refractivity contribution in [2.45, 2.75) is 26.7 Å². The summed E-state index contributed by atoms with van der Waals surface area (Å²) in [4.78, 5) is 7.40. The maximum Gasteiger partial charge on any atom is 0.301 e. The van der Waals surface area contributed by atoms with Gasteiger partial charge in [0, 0.05) is 13.1 Å². The quantitative estimate of drug-likeness (QED) is 0.781. The lowest BCUT2D eigenvalue weighted by Crippen LogP contribution is -2.37. The first-order valence-corrected chi connectivity index (χ1v) is 8.05. The van der Waals surface area contributed by atoms with Crippen molar-refractivity contribution in [2.24, 2.45) is 0 Å². The number of nitrogens with one attached hydrogen (secondary N) is 1. The van der Waals surface area contributed by atoms with Crippen LogP contribution in [0.3, 0.4) is 0 Å². The third-order valence-corrected chi connectivity index (χ3v) is 4.35. The van der Waals surface area contributed by atoms with E-state index in [1.54, 1.807) is 0 Å². The van der Waals surface area contributed by atoms with Gasteiger partial charge in [-0.2, -0.15) is 12.7 Å². The molecule has 0 saturated heterocycles. The summed E-state index contributed by atoms with van der Waals surface area (Å²) in [5.41, 5.74) is 0.00281. The number of halogens is 2. The molecule has 1 heterocycles. The Morgan fingerprint density at radius 1 is 1.16 bits per heavy atom. The molecular formula is C10H16Cl2N4O2S. The Morgan fingerprint density at radius 2 is 1.63 bits per heavy atom. The summed E-state index contributed by atoms with van der Waals surface area (Å²) in [5.74, 6) is 0. The van der Waals surface area contributed by atoms with Crippen molar-refractivity contribution in [1.82, 2.24) is 14.3 Å². The summed E-state index contributed by atoms with van der Waals surface area (Å²) in [6.45, 7) is 4.66. The van der Waals surface area contributed by atoms with Gasteiger partial charge in [0.1, 0.15) is 12.0 Å². The minimum atomic E-state index is -3.71. The first-order chi connectivity index (χ1) is 8.92. The van der Waals surface area contributed by atoms with Gasteiger partial charge < -0.3 is 0 Å². The molecule has 0 aromatic carbocycles. The molecule has 0 bridgehead atoms. The highest BCUT2D eigenvalue weighted by molar-refractivity contribution is 7.90. The minimum Gasteiger partial charge on any atom is -0.265 e. The van der Waals surface area contributed by atoms with Crippen LogP contribution in [0.1, 0.15) is 26.7 Å². The molecule has 0 aliphatic carbocycles. The monoisotopic (exact) mass is 326 g/mol. The van der Waals surface area contributed by atoms with Crippen molar-refractivity contribution < 1.29 is 8.42 Å². The van der Waals surface area contributed by atoms with E-state index in [-0.39, 0.29) is 16.0 Å². The highest BCUT2D eigenvalue weighted by Gasteiger charge is 2.23. The second kappa shape index (κ2) is 7.23. The molecule has 1 aromatic rings. The first-order valence-electron chi connectivity index (χ1n) is 5.86. The number of hydrogen-bond donors (Lipinski definition) is 1. The zero-order chi connectivity index (χ0) is 14.5. The van der Waals surface area contributed by atoms with E-state index < -0.39 is 10.2 Å². The maximum atomic E-state index is 12.2. The van der Waals surface area contributed by atoms with Gasteiger partial charge in [-0.05, 0) is 12.8 Å². The molecular weight excluding hydrogens is 311 g/mol.